The predicted molar refractivity (Wildman–Crippen MR) is 81.2 cm³/mol. The van der Waals surface area contributed by atoms with Crippen LogP contribution in [0.15, 0.2) is 41.0 Å². The summed E-state index contributed by atoms with van der Waals surface area (Å²) in [6, 6.07) is 8.29. The van der Waals surface area contributed by atoms with Crippen molar-refractivity contribution in [3.05, 3.63) is 63.4 Å². The number of halogens is 1. The normalized spacial score (nSPS) is 10.2. The van der Waals surface area contributed by atoms with Crippen LogP contribution < -0.4 is 5.32 Å². The summed E-state index contributed by atoms with van der Waals surface area (Å²) in [5.41, 5.74) is 2.21. The maximum atomic E-state index is 12.1. The average molecular weight is 349 g/mol. The third-order valence-electron chi connectivity index (χ3n) is 2.86. The van der Waals surface area contributed by atoms with Crippen LogP contribution in [0.3, 0.4) is 0 Å². The zero-order valence-electron chi connectivity index (χ0n) is 11.3. The van der Waals surface area contributed by atoms with Gasteiger partial charge in [0.1, 0.15) is 0 Å². The van der Waals surface area contributed by atoms with Crippen molar-refractivity contribution in [1.82, 2.24) is 10.3 Å². The Balaban J connectivity index is 2.07. The summed E-state index contributed by atoms with van der Waals surface area (Å²) in [5.74, 6) is -1.27. The largest absolute Gasteiger partial charge is 0.478 e. The monoisotopic (exact) mass is 348 g/mol. The Morgan fingerprint density at radius 3 is 2.71 bits per heavy atom. The van der Waals surface area contributed by atoms with Crippen LogP contribution in [0.4, 0.5) is 0 Å². The first-order valence-electron chi connectivity index (χ1n) is 6.20. The van der Waals surface area contributed by atoms with E-state index in [0.29, 0.717) is 15.7 Å². The molecule has 0 aliphatic heterocycles. The minimum absolute atomic E-state index is 0.144. The van der Waals surface area contributed by atoms with Gasteiger partial charge in [-0.25, -0.2) is 4.79 Å². The molecule has 0 bridgehead atoms. The number of rotatable bonds is 4. The van der Waals surface area contributed by atoms with Gasteiger partial charge in [-0.15, -0.1) is 0 Å². The zero-order valence-corrected chi connectivity index (χ0v) is 12.8. The Morgan fingerprint density at radius 1 is 1.29 bits per heavy atom. The highest BCUT2D eigenvalue weighted by atomic mass is 79.9. The van der Waals surface area contributed by atoms with E-state index in [4.69, 9.17) is 5.11 Å². The van der Waals surface area contributed by atoms with Crippen molar-refractivity contribution in [2.75, 3.05) is 0 Å². The lowest BCUT2D eigenvalue weighted by atomic mass is 10.1. The molecule has 108 valence electrons. The van der Waals surface area contributed by atoms with Crippen molar-refractivity contribution in [2.24, 2.45) is 0 Å². The molecule has 0 radical (unpaired) electrons. The van der Waals surface area contributed by atoms with E-state index in [-0.39, 0.29) is 18.0 Å². The van der Waals surface area contributed by atoms with E-state index in [2.05, 4.69) is 26.2 Å². The average Bonchev–Trinajstić information content (AvgIpc) is 2.45. The van der Waals surface area contributed by atoms with Gasteiger partial charge in [-0.05, 0) is 52.7 Å². The van der Waals surface area contributed by atoms with Crippen molar-refractivity contribution in [3.8, 4) is 0 Å². The standard InChI is InChI=1S/C15H13BrN2O3/c1-9-2-3-12(13(16)6-9)14(19)18-8-11-7-10(15(20)21)4-5-17-11/h2-7H,8H2,1H3,(H,18,19)(H,20,21). The highest BCUT2D eigenvalue weighted by molar-refractivity contribution is 9.10. The topological polar surface area (TPSA) is 79.3 Å². The Kier molecular flexibility index (Phi) is 4.70. The summed E-state index contributed by atoms with van der Waals surface area (Å²) in [5, 5.41) is 11.6. The van der Waals surface area contributed by atoms with Gasteiger partial charge in [0, 0.05) is 10.7 Å². The maximum absolute atomic E-state index is 12.1. The first-order chi connectivity index (χ1) is 9.97. The Bertz CT molecular complexity index is 701. The van der Waals surface area contributed by atoms with Crippen LogP contribution in [0, 0.1) is 6.92 Å². The number of carboxylic acids is 1. The highest BCUT2D eigenvalue weighted by Gasteiger charge is 2.10. The summed E-state index contributed by atoms with van der Waals surface area (Å²) in [6.45, 7) is 2.11. The number of hydrogen-bond donors (Lipinski definition) is 2. The van der Waals surface area contributed by atoms with E-state index in [1.165, 1.54) is 18.3 Å². The van der Waals surface area contributed by atoms with E-state index in [1.807, 2.05) is 19.1 Å². The Hall–Kier alpha value is -2.21. The molecule has 1 aromatic heterocycles. The molecule has 0 saturated heterocycles. The Labute approximate surface area is 130 Å². The van der Waals surface area contributed by atoms with E-state index >= 15 is 0 Å². The third-order valence-corrected chi connectivity index (χ3v) is 3.52. The van der Waals surface area contributed by atoms with E-state index in [9.17, 15) is 9.59 Å². The number of carbonyl (C=O) groups is 2. The van der Waals surface area contributed by atoms with Crippen molar-refractivity contribution < 1.29 is 14.7 Å². The van der Waals surface area contributed by atoms with Crippen LogP contribution >= 0.6 is 15.9 Å². The molecule has 0 atom stereocenters. The first kappa shape index (κ1) is 15.2. The maximum Gasteiger partial charge on any atom is 0.335 e. The number of aromatic carboxylic acids is 1. The van der Waals surface area contributed by atoms with Gasteiger partial charge in [-0.1, -0.05) is 6.07 Å². The van der Waals surface area contributed by atoms with Crippen molar-refractivity contribution >= 4 is 27.8 Å². The molecule has 6 heteroatoms. The van der Waals surface area contributed by atoms with Crippen LogP contribution in [-0.2, 0) is 6.54 Å². The molecular formula is C15H13BrN2O3. The number of amides is 1. The minimum atomic E-state index is -1.02. The van der Waals surface area contributed by atoms with E-state index in [1.54, 1.807) is 6.07 Å². The van der Waals surface area contributed by atoms with E-state index < -0.39 is 5.97 Å². The lowest BCUT2D eigenvalue weighted by Crippen LogP contribution is -2.23. The summed E-state index contributed by atoms with van der Waals surface area (Å²) < 4.78 is 0.715. The molecule has 1 amide bonds. The molecule has 2 rings (SSSR count). The number of nitrogens with one attached hydrogen (secondary N) is 1. The minimum Gasteiger partial charge on any atom is -0.478 e. The van der Waals surface area contributed by atoms with Gasteiger partial charge in [-0.3, -0.25) is 9.78 Å². The van der Waals surface area contributed by atoms with Gasteiger partial charge in [0.25, 0.3) is 5.91 Å². The van der Waals surface area contributed by atoms with Crippen LogP contribution in [0.1, 0.15) is 32.0 Å². The van der Waals surface area contributed by atoms with Gasteiger partial charge in [-0.2, -0.15) is 0 Å². The van der Waals surface area contributed by atoms with Crippen molar-refractivity contribution in [3.63, 3.8) is 0 Å². The number of aromatic nitrogens is 1. The fourth-order valence-electron chi connectivity index (χ4n) is 1.78. The van der Waals surface area contributed by atoms with E-state index in [0.717, 1.165) is 5.56 Å². The second kappa shape index (κ2) is 6.49. The predicted octanol–water partition coefficient (Wildman–Crippen LogP) is 2.78. The molecule has 0 aliphatic carbocycles. The zero-order chi connectivity index (χ0) is 15.4. The fourth-order valence-corrected chi connectivity index (χ4v) is 2.45. The molecule has 5 nitrogen and oxygen atoms in total. The summed E-state index contributed by atoms with van der Waals surface area (Å²) >= 11 is 3.35. The summed E-state index contributed by atoms with van der Waals surface area (Å²) in [4.78, 5) is 27.0. The highest BCUT2D eigenvalue weighted by Crippen LogP contribution is 2.18. The second-order valence-corrected chi connectivity index (χ2v) is 5.36. The number of pyridine rings is 1. The molecule has 0 unspecified atom stereocenters. The number of carboxylic acid groups (broad SMARTS) is 1. The number of benzene rings is 1. The molecule has 1 heterocycles. The molecule has 0 aliphatic rings. The molecule has 2 N–H and O–H groups in total. The van der Waals surface area contributed by atoms with Gasteiger partial charge < -0.3 is 10.4 Å². The van der Waals surface area contributed by atoms with Crippen molar-refractivity contribution in [2.45, 2.75) is 13.5 Å². The molecule has 1 aromatic carbocycles. The second-order valence-electron chi connectivity index (χ2n) is 4.51. The molecule has 0 fully saturated rings. The van der Waals surface area contributed by atoms with Gasteiger partial charge >= 0.3 is 5.97 Å². The van der Waals surface area contributed by atoms with Crippen molar-refractivity contribution in [1.29, 1.82) is 0 Å². The molecule has 21 heavy (non-hydrogen) atoms. The quantitative estimate of drug-likeness (QED) is 0.890. The molecular weight excluding hydrogens is 336 g/mol. The van der Waals surface area contributed by atoms with Gasteiger partial charge in [0.05, 0.1) is 23.4 Å². The fraction of sp³-hybridized carbons (Fsp3) is 0.133. The lowest BCUT2D eigenvalue weighted by molar-refractivity contribution is 0.0696. The van der Waals surface area contributed by atoms with Crippen LogP contribution in [0.5, 0.6) is 0 Å². The Morgan fingerprint density at radius 2 is 2.05 bits per heavy atom. The smallest absolute Gasteiger partial charge is 0.335 e. The SMILES string of the molecule is Cc1ccc(C(=O)NCc2cc(C(=O)O)ccn2)c(Br)c1. The number of aryl methyl sites for hydroxylation is 1. The first-order valence-corrected chi connectivity index (χ1v) is 6.99. The number of carbonyl (C=O) groups excluding carboxylic acids is 1. The molecule has 2 aromatic rings. The van der Waals surface area contributed by atoms with Crippen LogP contribution in [0.2, 0.25) is 0 Å². The van der Waals surface area contributed by atoms with Gasteiger partial charge in [0.2, 0.25) is 0 Å². The summed E-state index contributed by atoms with van der Waals surface area (Å²) in [6.07, 6.45) is 1.41. The van der Waals surface area contributed by atoms with Gasteiger partial charge in [0.15, 0.2) is 0 Å². The molecule has 0 spiro atoms. The lowest BCUT2D eigenvalue weighted by Gasteiger charge is -2.07. The summed E-state index contributed by atoms with van der Waals surface area (Å²) in [7, 11) is 0. The third kappa shape index (κ3) is 3.88. The number of hydrogen-bond acceptors (Lipinski definition) is 3. The number of nitrogens with zero attached hydrogens (tertiary/aromatic N) is 1. The van der Waals surface area contributed by atoms with Crippen LogP contribution in [0.25, 0.3) is 0 Å². The molecule has 0 saturated carbocycles. The van der Waals surface area contributed by atoms with Crippen LogP contribution in [-0.4, -0.2) is 22.0 Å².